The lowest BCUT2D eigenvalue weighted by atomic mass is 9.76. The van der Waals surface area contributed by atoms with Crippen LogP contribution in [-0.2, 0) is 9.59 Å². The molecule has 1 atom stereocenters. The van der Waals surface area contributed by atoms with Gasteiger partial charge in [0.15, 0.2) is 0 Å². The van der Waals surface area contributed by atoms with E-state index >= 15 is 0 Å². The molecule has 0 aliphatic carbocycles. The number of amides is 2. The van der Waals surface area contributed by atoms with Crippen molar-refractivity contribution in [2.24, 2.45) is 5.41 Å². The summed E-state index contributed by atoms with van der Waals surface area (Å²) in [6, 6.07) is 0. The molecule has 1 fully saturated rings. The third kappa shape index (κ3) is 3.98. The highest BCUT2D eigenvalue weighted by atomic mass is 16.2. The molecule has 1 unspecified atom stereocenters. The minimum Gasteiger partial charge on any atom is -0.355 e. The molecule has 5 heteroatoms. The van der Waals surface area contributed by atoms with Gasteiger partial charge in [0.1, 0.15) is 0 Å². The molecule has 1 heterocycles. The maximum atomic E-state index is 12.3. The van der Waals surface area contributed by atoms with Gasteiger partial charge in [0, 0.05) is 13.1 Å². The number of carbonyl (C=O) groups excluding carboxylic acids is 2. The van der Waals surface area contributed by atoms with Crippen LogP contribution in [0.15, 0.2) is 0 Å². The molecule has 104 valence electrons. The van der Waals surface area contributed by atoms with Crippen molar-refractivity contribution >= 4 is 11.8 Å². The van der Waals surface area contributed by atoms with Crippen LogP contribution in [0.25, 0.3) is 0 Å². The van der Waals surface area contributed by atoms with Gasteiger partial charge in [-0.3, -0.25) is 9.59 Å². The standard InChI is InChI=1S/C13H25N3O2/c1-3-6-13(7-5-8-14-10-13)12(18)16-9-11(17)15-4-2/h14H,3-10H2,1-2H3,(H,15,17)(H,16,18). The average molecular weight is 255 g/mol. The second-order valence-electron chi connectivity index (χ2n) is 4.95. The van der Waals surface area contributed by atoms with Crippen molar-refractivity contribution in [3.05, 3.63) is 0 Å². The van der Waals surface area contributed by atoms with E-state index < -0.39 is 0 Å². The smallest absolute Gasteiger partial charge is 0.239 e. The van der Waals surface area contributed by atoms with Gasteiger partial charge in [0.2, 0.25) is 11.8 Å². The molecule has 0 aromatic rings. The molecule has 5 nitrogen and oxygen atoms in total. The normalized spacial score (nSPS) is 23.4. The molecule has 0 radical (unpaired) electrons. The highest BCUT2D eigenvalue weighted by Gasteiger charge is 2.38. The predicted octanol–water partition coefficient (Wildman–Crippen LogP) is 0.409. The van der Waals surface area contributed by atoms with Crippen LogP contribution in [0.1, 0.15) is 39.5 Å². The van der Waals surface area contributed by atoms with E-state index in [0.29, 0.717) is 6.54 Å². The third-order valence-electron chi connectivity index (χ3n) is 3.47. The Labute approximate surface area is 109 Å². The fourth-order valence-electron chi connectivity index (χ4n) is 2.57. The van der Waals surface area contributed by atoms with Gasteiger partial charge in [0.25, 0.3) is 0 Å². The molecule has 2 amide bonds. The zero-order chi connectivity index (χ0) is 13.4. The number of likely N-dealkylation sites (N-methyl/N-ethyl adjacent to an activating group) is 1. The van der Waals surface area contributed by atoms with Crippen molar-refractivity contribution in [1.82, 2.24) is 16.0 Å². The molecule has 0 spiro atoms. The first-order chi connectivity index (χ1) is 8.64. The van der Waals surface area contributed by atoms with Crippen molar-refractivity contribution in [3.8, 4) is 0 Å². The molecule has 1 rings (SSSR count). The van der Waals surface area contributed by atoms with Crippen LogP contribution in [-0.4, -0.2) is 38.0 Å². The SMILES string of the molecule is CCCC1(C(=O)NCC(=O)NCC)CCCNC1. The van der Waals surface area contributed by atoms with Crippen LogP contribution in [0, 0.1) is 5.41 Å². The van der Waals surface area contributed by atoms with Crippen molar-refractivity contribution in [2.45, 2.75) is 39.5 Å². The van der Waals surface area contributed by atoms with Crippen molar-refractivity contribution < 1.29 is 9.59 Å². The highest BCUT2D eigenvalue weighted by molar-refractivity contribution is 5.88. The van der Waals surface area contributed by atoms with Crippen LogP contribution < -0.4 is 16.0 Å². The van der Waals surface area contributed by atoms with Crippen LogP contribution >= 0.6 is 0 Å². The number of carbonyl (C=O) groups is 2. The van der Waals surface area contributed by atoms with E-state index in [0.717, 1.165) is 38.8 Å². The lowest BCUT2D eigenvalue weighted by Gasteiger charge is -2.36. The summed E-state index contributed by atoms with van der Waals surface area (Å²) in [7, 11) is 0. The second-order valence-corrected chi connectivity index (χ2v) is 4.95. The Hall–Kier alpha value is -1.10. The van der Waals surface area contributed by atoms with Gasteiger partial charge in [-0.1, -0.05) is 13.3 Å². The average Bonchev–Trinajstić information content (AvgIpc) is 2.38. The zero-order valence-corrected chi connectivity index (χ0v) is 11.5. The summed E-state index contributed by atoms with van der Waals surface area (Å²) in [5, 5.41) is 8.74. The van der Waals surface area contributed by atoms with Crippen LogP contribution in [0.3, 0.4) is 0 Å². The molecule has 18 heavy (non-hydrogen) atoms. The molecule has 0 bridgehead atoms. The summed E-state index contributed by atoms with van der Waals surface area (Å²) in [5.41, 5.74) is -0.320. The maximum absolute atomic E-state index is 12.3. The lowest BCUT2D eigenvalue weighted by molar-refractivity contribution is -0.134. The van der Waals surface area contributed by atoms with E-state index in [-0.39, 0.29) is 23.8 Å². The van der Waals surface area contributed by atoms with Crippen LogP contribution in [0.5, 0.6) is 0 Å². The van der Waals surface area contributed by atoms with E-state index in [4.69, 9.17) is 0 Å². The van der Waals surface area contributed by atoms with Gasteiger partial charge in [-0.15, -0.1) is 0 Å². The zero-order valence-electron chi connectivity index (χ0n) is 11.5. The first kappa shape index (κ1) is 15.0. The lowest BCUT2D eigenvalue weighted by Crippen LogP contribution is -2.52. The summed E-state index contributed by atoms with van der Waals surface area (Å²) in [4.78, 5) is 23.6. The number of hydrogen-bond donors (Lipinski definition) is 3. The maximum Gasteiger partial charge on any atom is 0.239 e. The van der Waals surface area contributed by atoms with Crippen molar-refractivity contribution in [3.63, 3.8) is 0 Å². The fraction of sp³-hybridized carbons (Fsp3) is 0.846. The molecule has 0 saturated carbocycles. The van der Waals surface area contributed by atoms with E-state index in [2.05, 4.69) is 22.9 Å². The molecule has 1 aliphatic heterocycles. The quantitative estimate of drug-likeness (QED) is 0.644. The minimum absolute atomic E-state index is 0.0165. The van der Waals surface area contributed by atoms with E-state index in [9.17, 15) is 9.59 Å². The molecule has 0 aromatic carbocycles. The summed E-state index contributed by atoms with van der Waals surface area (Å²) < 4.78 is 0. The van der Waals surface area contributed by atoms with E-state index in [1.165, 1.54) is 0 Å². The summed E-state index contributed by atoms with van der Waals surface area (Å²) in [6.07, 6.45) is 3.79. The number of piperidine rings is 1. The highest BCUT2D eigenvalue weighted by Crippen LogP contribution is 2.31. The summed E-state index contributed by atoms with van der Waals surface area (Å²) in [5.74, 6) is -0.107. The molecular weight excluding hydrogens is 230 g/mol. The topological polar surface area (TPSA) is 70.2 Å². The molecule has 3 N–H and O–H groups in total. The first-order valence-corrected chi connectivity index (χ1v) is 6.90. The Morgan fingerprint density at radius 1 is 1.28 bits per heavy atom. The van der Waals surface area contributed by atoms with Gasteiger partial charge in [-0.25, -0.2) is 0 Å². The molecule has 1 saturated heterocycles. The van der Waals surface area contributed by atoms with Gasteiger partial charge >= 0.3 is 0 Å². The first-order valence-electron chi connectivity index (χ1n) is 6.90. The summed E-state index contributed by atoms with van der Waals surface area (Å²) >= 11 is 0. The van der Waals surface area contributed by atoms with Crippen molar-refractivity contribution in [1.29, 1.82) is 0 Å². The Bertz CT molecular complexity index is 280. The second kappa shape index (κ2) is 7.36. The van der Waals surface area contributed by atoms with Crippen LogP contribution in [0.4, 0.5) is 0 Å². The van der Waals surface area contributed by atoms with E-state index in [1.807, 2.05) is 6.92 Å². The predicted molar refractivity (Wildman–Crippen MR) is 71.1 cm³/mol. The number of hydrogen-bond acceptors (Lipinski definition) is 3. The Morgan fingerprint density at radius 3 is 2.61 bits per heavy atom. The Morgan fingerprint density at radius 2 is 2.06 bits per heavy atom. The Balaban J connectivity index is 2.51. The van der Waals surface area contributed by atoms with Crippen molar-refractivity contribution in [2.75, 3.05) is 26.2 Å². The Kier molecular flexibility index (Phi) is 6.12. The van der Waals surface area contributed by atoms with E-state index in [1.54, 1.807) is 0 Å². The number of nitrogens with one attached hydrogen (secondary N) is 3. The number of rotatable bonds is 6. The largest absolute Gasteiger partial charge is 0.355 e. The van der Waals surface area contributed by atoms with Gasteiger partial charge < -0.3 is 16.0 Å². The monoisotopic (exact) mass is 255 g/mol. The minimum atomic E-state index is -0.320. The third-order valence-corrected chi connectivity index (χ3v) is 3.47. The van der Waals surface area contributed by atoms with Crippen LogP contribution in [0.2, 0.25) is 0 Å². The van der Waals surface area contributed by atoms with Gasteiger partial charge in [0.05, 0.1) is 12.0 Å². The van der Waals surface area contributed by atoms with Gasteiger partial charge in [-0.05, 0) is 32.7 Å². The molecular formula is C13H25N3O2. The molecule has 0 aromatic heterocycles. The fourth-order valence-corrected chi connectivity index (χ4v) is 2.57. The van der Waals surface area contributed by atoms with Gasteiger partial charge in [-0.2, -0.15) is 0 Å². The summed E-state index contributed by atoms with van der Waals surface area (Å²) in [6.45, 7) is 6.34. The molecule has 1 aliphatic rings.